The molecule has 0 radical (unpaired) electrons. The lowest BCUT2D eigenvalue weighted by Crippen LogP contribution is -2.47. The summed E-state index contributed by atoms with van der Waals surface area (Å²) in [6.45, 7) is 16.9. The van der Waals surface area contributed by atoms with Crippen LogP contribution in [0.4, 0.5) is 0 Å². The predicted octanol–water partition coefficient (Wildman–Crippen LogP) is 3.08. The highest BCUT2D eigenvalue weighted by Crippen LogP contribution is 2.32. The van der Waals surface area contributed by atoms with Crippen LogP contribution in [-0.2, 0) is 9.59 Å². The first-order valence-electron chi connectivity index (χ1n) is 12.4. The van der Waals surface area contributed by atoms with Gasteiger partial charge in [0.2, 0.25) is 11.8 Å². The van der Waals surface area contributed by atoms with Crippen LogP contribution < -0.4 is 5.32 Å². The molecule has 0 aromatic rings. The highest BCUT2D eigenvalue weighted by atomic mass is 16.2. The summed E-state index contributed by atoms with van der Waals surface area (Å²) < 4.78 is 0. The fraction of sp³-hybridized carbons (Fsp3) is 0.917. The van der Waals surface area contributed by atoms with Crippen molar-refractivity contribution in [3.63, 3.8) is 0 Å². The molecular weight excluding hydrogens is 376 g/mol. The average molecular weight is 425 g/mol. The summed E-state index contributed by atoms with van der Waals surface area (Å²) in [5.41, 5.74) is 0. The third kappa shape index (κ3) is 8.93. The van der Waals surface area contributed by atoms with Gasteiger partial charge >= 0.3 is 0 Å². The van der Waals surface area contributed by atoms with E-state index in [0.717, 1.165) is 71.4 Å². The molecule has 0 saturated carbocycles. The van der Waals surface area contributed by atoms with Gasteiger partial charge in [0, 0.05) is 32.7 Å². The minimum absolute atomic E-state index is 0.238. The van der Waals surface area contributed by atoms with Crippen LogP contribution in [0.3, 0.4) is 0 Å². The van der Waals surface area contributed by atoms with Crippen LogP contribution in [0.5, 0.6) is 0 Å². The Labute approximate surface area is 185 Å². The van der Waals surface area contributed by atoms with Gasteiger partial charge in [-0.3, -0.25) is 14.5 Å². The Morgan fingerprint density at radius 3 is 1.83 bits per heavy atom. The number of nitrogens with one attached hydrogen (secondary N) is 1. The quantitative estimate of drug-likeness (QED) is 0.618. The number of piperidine rings is 2. The largest absolute Gasteiger partial charge is 0.342 e. The molecule has 2 amide bonds. The van der Waals surface area contributed by atoms with Crippen molar-refractivity contribution in [1.82, 2.24) is 20.0 Å². The second-order valence-electron chi connectivity index (χ2n) is 8.93. The normalized spacial score (nSPS) is 19.4. The van der Waals surface area contributed by atoms with Crippen LogP contribution in [-0.4, -0.2) is 85.9 Å². The monoisotopic (exact) mass is 424 g/mol. The summed E-state index contributed by atoms with van der Waals surface area (Å²) in [6.07, 6.45) is 5.64. The third-order valence-corrected chi connectivity index (χ3v) is 6.70. The molecule has 2 heterocycles. The van der Waals surface area contributed by atoms with Crippen LogP contribution in [0.2, 0.25) is 0 Å². The molecule has 2 saturated heterocycles. The molecule has 0 aromatic heterocycles. The molecule has 30 heavy (non-hydrogen) atoms. The van der Waals surface area contributed by atoms with E-state index in [2.05, 4.69) is 36.0 Å². The lowest BCUT2D eigenvalue weighted by Gasteiger charge is -2.40. The fourth-order valence-electron chi connectivity index (χ4n) is 4.64. The van der Waals surface area contributed by atoms with E-state index in [1.54, 1.807) is 0 Å². The number of likely N-dealkylation sites (tertiary alicyclic amines) is 2. The van der Waals surface area contributed by atoms with Gasteiger partial charge in [-0.2, -0.15) is 0 Å². The van der Waals surface area contributed by atoms with E-state index in [1.807, 2.05) is 25.7 Å². The Balaban J connectivity index is 0.00000218. The zero-order valence-electron chi connectivity index (χ0n) is 20.6. The van der Waals surface area contributed by atoms with E-state index >= 15 is 0 Å². The second-order valence-corrected chi connectivity index (χ2v) is 8.93. The molecule has 0 aromatic carbocycles. The van der Waals surface area contributed by atoms with Gasteiger partial charge in [-0.05, 0) is 57.0 Å². The van der Waals surface area contributed by atoms with Crippen LogP contribution >= 0.6 is 0 Å². The van der Waals surface area contributed by atoms with Gasteiger partial charge in [-0.15, -0.1) is 0 Å². The van der Waals surface area contributed by atoms with E-state index in [9.17, 15) is 9.59 Å². The first-order valence-corrected chi connectivity index (χ1v) is 12.4. The molecule has 0 spiro atoms. The van der Waals surface area contributed by atoms with Crippen molar-refractivity contribution in [2.24, 2.45) is 17.8 Å². The third-order valence-electron chi connectivity index (χ3n) is 6.70. The Morgan fingerprint density at radius 2 is 1.40 bits per heavy atom. The van der Waals surface area contributed by atoms with Gasteiger partial charge in [0.25, 0.3) is 0 Å². The summed E-state index contributed by atoms with van der Waals surface area (Å²) in [4.78, 5) is 31.0. The molecule has 2 fully saturated rings. The zero-order chi connectivity index (χ0) is 22.5. The SMILES string of the molecule is CC.CCNCC(=O)N1CCC(C2CCN(C(=O)CN(C)CC(C)CC)CC2)CC1. The Bertz CT molecular complexity index is 484. The summed E-state index contributed by atoms with van der Waals surface area (Å²) in [5, 5.41) is 3.13. The molecule has 0 aliphatic carbocycles. The van der Waals surface area contributed by atoms with Crippen molar-refractivity contribution in [1.29, 1.82) is 0 Å². The van der Waals surface area contributed by atoms with Crippen molar-refractivity contribution >= 4 is 11.8 Å². The lowest BCUT2D eigenvalue weighted by molar-refractivity contribution is -0.135. The Morgan fingerprint density at radius 1 is 0.933 bits per heavy atom. The van der Waals surface area contributed by atoms with E-state index in [4.69, 9.17) is 0 Å². The molecule has 1 atom stereocenters. The van der Waals surface area contributed by atoms with Gasteiger partial charge < -0.3 is 15.1 Å². The Kier molecular flexibility index (Phi) is 13.3. The van der Waals surface area contributed by atoms with Gasteiger partial charge in [-0.1, -0.05) is 41.0 Å². The minimum atomic E-state index is 0.238. The van der Waals surface area contributed by atoms with Gasteiger partial charge in [0.05, 0.1) is 13.1 Å². The van der Waals surface area contributed by atoms with Crippen LogP contribution in [0, 0.1) is 17.8 Å². The number of likely N-dealkylation sites (N-methyl/N-ethyl adjacent to an activating group) is 2. The van der Waals surface area contributed by atoms with Crippen LogP contribution in [0.25, 0.3) is 0 Å². The Hall–Kier alpha value is -1.14. The van der Waals surface area contributed by atoms with Crippen molar-refractivity contribution in [3.05, 3.63) is 0 Å². The van der Waals surface area contributed by atoms with E-state index in [1.165, 1.54) is 0 Å². The number of carbonyl (C=O) groups excluding carboxylic acids is 2. The summed E-state index contributed by atoms with van der Waals surface area (Å²) >= 11 is 0. The topological polar surface area (TPSA) is 55.9 Å². The standard InChI is InChI=1S/C22H42N4O2.C2H6/c1-5-18(3)16-24(4)17-22(28)26-13-9-20(10-14-26)19-7-11-25(12-8-19)21(27)15-23-6-2;1-2/h18-20,23H,5-17H2,1-4H3;1-2H3. The summed E-state index contributed by atoms with van der Waals surface area (Å²) in [6, 6.07) is 0. The molecule has 2 rings (SSSR count). The number of carbonyl (C=O) groups is 2. The molecule has 1 N–H and O–H groups in total. The molecule has 2 aliphatic heterocycles. The minimum Gasteiger partial charge on any atom is -0.342 e. The smallest absolute Gasteiger partial charge is 0.236 e. The zero-order valence-corrected chi connectivity index (χ0v) is 20.6. The summed E-state index contributed by atoms with van der Waals surface area (Å²) in [7, 11) is 2.06. The maximum absolute atomic E-state index is 12.6. The van der Waals surface area contributed by atoms with Crippen molar-refractivity contribution in [2.45, 2.75) is 66.7 Å². The number of amides is 2. The van der Waals surface area contributed by atoms with E-state index < -0.39 is 0 Å². The molecule has 2 aliphatic rings. The van der Waals surface area contributed by atoms with Crippen molar-refractivity contribution in [2.75, 3.05) is 59.4 Å². The predicted molar refractivity (Wildman–Crippen MR) is 125 cm³/mol. The highest BCUT2D eigenvalue weighted by Gasteiger charge is 2.32. The number of hydrogen-bond acceptors (Lipinski definition) is 4. The van der Waals surface area contributed by atoms with Crippen LogP contribution in [0.1, 0.15) is 66.7 Å². The second kappa shape index (κ2) is 14.8. The first-order chi connectivity index (χ1) is 14.4. The van der Waals surface area contributed by atoms with E-state index in [0.29, 0.717) is 30.8 Å². The van der Waals surface area contributed by atoms with Crippen molar-refractivity contribution in [3.8, 4) is 0 Å². The van der Waals surface area contributed by atoms with Gasteiger partial charge in [-0.25, -0.2) is 0 Å². The summed E-state index contributed by atoms with van der Waals surface area (Å²) in [5.74, 6) is 2.59. The number of hydrogen-bond donors (Lipinski definition) is 1. The average Bonchev–Trinajstić information content (AvgIpc) is 2.78. The van der Waals surface area contributed by atoms with Crippen molar-refractivity contribution < 1.29 is 9.59 Å². The fourth-order valence-corrected chi connectivity index (χ4v) is 4.64. The van der Waals surface area contributed by atoms with Gasteiger partial charge in [0.1, 0.15) is 0 Å². The highest BCUT2D eigenvalue weighted by molar-refractivity contribution is 5.78. The molecule has 0 bridgehead atoms. The van der Waals surface area contributed by atoms with E-state index in [-0.39, 0.29) is 11.8 Å². The molecule has 176 valence electrons. The van der Waals surface area contributed by atoms with Crippen LogP contribution in [0.15, 0.2) is 0 Å². The first kappa shape index (κ1) is 26.9. The molecule has 6 nitrogen and oxygen atoms in total. The van der Waals surface area contributed by atoms with Gasteiger partial charge in [0.15, 0.2) is 0 Å². The molecule has 6 heteroatoms. The maximum Gasteiger partial charge on any atom is 0.236 e. The lowest BCUT2D eigenvalue weighted by atomic mass is 9.78. The molecule has 1 unspecified atom stereocenters. The maximum atomic E-state index is 12.6. The number of nitrogens with zero attached hydrogens (tertiary/aromatic N) is 3. The molecular formula is C24H48N4O2. The number of rotatable bonds is 9.